The summed E-state index contributed by atoms with van der Waals surface area (Å²) < 4.78 is 0. The minimum Gasteiger partial charge on any atom is -0.355 e. The van der Waals surface area contributed by atoms with Gasteiger partial charge in [0.05, 0.1) is 0 Å². The van der Waals surface area contributed by atoms with Crippen LogP contribution in [0.15, 0.2) is 0 Å². The van der Waals surface area contributed by atoms with Gasteiger partial charge in [-0.05, 0) is 12.8 Å². The van der Waals surface area contributed by atoms with Gasteiger partial charge in [-0.2, -0.15) is 0 Å². The lowest BCUT2D eigenvalue weighted by Gasteiger charge is -2.21. The van der Waals surface area contributed by atoms with Crippen molar-refractivity contribution >= 4 is 21.8 Å². The highest BCUT2D eigenvalue weighted by molar-refractivity contribution is 9.09. The Labute approximate surface area is 82.2 Å². The summed E-state index contributed by atoms with van der Waals surface area (Å²) >= 11 is 3.29. The molecule has 70 valence electrons. The van der Waals surface area contributed by atoms with Crippen molar-refractivity contribution in [2.24, 2.45) is 5.41 Å². The number of rotatable bonds is 3. The minimum absolute atomic E-state index is 0.0673. The first-order chi connectivity index (χ1) is 5.69. The monoisotopic (exact) mass is 233 g/mol. The van der Waals surface area contributed by atoms with E-state index >= 15 is 0 Å². The van der Waals surface area contributed by atoms with Crippen molar-refractivity contribution in [1.29, 1.82) is 0 Å². The SMILES string of the molecule is CC1(C(=O)NCCBr)CCCC1. The molecule has 0 radical (unpaired) electrons. The van der Waals surface area contributed by atoms with Crippen LogP contribution in [0.4, 0.5) is 0 Å². The number of nitrogens with one attached hydrogen (secondary N) is 1. The van der Waals surface area contributed by atoms with Crippen LogP contribution in [0.25, 0.3) is 0 Å². The van der Waals surface area contributed by atoms with E-state index in [4.69, 9.17) is 0 Å². The van der Waals surface area contributed by atoms with Crippen LogP contribution in [-0.4, -0.2) is 17.8 Å². The van der Waals surface area contributed by atoms with E-state index in [-0.39, 0.29) is 11.3 Å². The number of hydrogen-bond acceptors (Lipinski definition) is 1. The molecule has 0 bridgehead atoms. The Morgan fingerprint density at radius 2 is 2.08 bits per heavy atom. The lowest BCUT2D eigenvalue weighted by atomic mass is 9.88. The van der Waals surface area contributed by atoms with Crippen molar-refractivity contribution in [3.8, 4) is 0 Å². The van der Waals surface area contributed by atoms with Crippen molar-refractivity contribution in [3.05, 3.63) is 0 Å². The van der Waals surface area contributed by atoms with E-state index in [2.05, 4.69) is 28.2 Å². The van der Waals surface area contributed by atoms with Crippen LogP contribution >= 0.6 is 15.9 Å². The Kier molecular flexibility index (Phi) is 3.56. The third-order valence-corrected chi connectivity index (χ3v) is 3.03. The van der Waals surface area contributed by atoms with Gasteiger partial charge in [0.2, 0.25) is 5.91 Å². The van der Waals surface area contributed by atoms with Gasteiger partial charge < -0.3 is 5.32 Å². The molecule has 0 saturated heterocycles. The molecule has 1 fully saturated rings. The van der Waals surface area contributed by atoms with Gasteiger partial charge in [0, 0.05) is 17.3 Å². The molecule has 1 rings (SSSR count). The van der Waals surface area contributed by atoms with Crippen LogP contribution < -0.4 is 5.32 Å². The molecule has 0 spiro atoms. The average molecular weight is 234 g/mol. The molecule has 1 saturated carbocycles. The molecule has 0 aliphatic heterocycles. The predicted octanol–water partition coefficient (Wildman–Crippen LogP) is 2.08. The van der Waals surface area contributed by atoms with E-state index in [9.17, 15) is 4.79 Å². The van der Waals surface area contributed by atoms with Crippen molar-refractivity contribution in [2.45, 2.75) is 32.6 Å². The highest BCUT2D eigenvalue weighted by atomic mass is 79.9. The molecular formula is C9H16BrNO. The van der Waals surface area contributed by atoms with Gasteiger partial charge in [0.15, 0.2) is 0 Å². The molecule has 1 N–H and O–H groups in total. The maximum atomic E-state index is 11.6. The van der Waals surface area contributed by atoms with E-state index in [0.717, 1.165) is 24.7 Å². The second-order valence-electron chi connectivity index (χ2n) is 3.71. The summed E-state index contributed by atoms with van der Waals surface area (Å²) in [5.41, 5.74) is -0.0673. The number of amides is 1. The topological polar surface area (TPSA) is 29.1 Å². The van der Waals surface area contributed by atoms with Gasteiger partial charge in [-0.15, -0.1) is 0 Å². The molecule has 0 unspecified atom stereocenters. The van der Waals surface area contributed by atoms with E-state index < -0.39 is 0 Å². The average Bonchev–Trinajstić information content (AvgIpc) is 2.49. The van der Waals surface area contributed by atoms with E-state index in [0.29, 0.717) is 0 Å². The zero-order chi connectivity index (χ0) is 9.03. The lowest BCUT2D eigenvalue weighted by molar-refractivity contribution is -0.129. The normalized spacial score (nSPS) is 20.8. The summed E-state index contributed by atoms with van der Waals surface area (Å²) in [6.07, 6.45) is 4.53. The first kappa shape index (κ1) is 10.0. The van der Waals surface area contributed by atoms with Crippen molar-refractivity contribution < 1.29 is 4.79 Å². The second-order valence-corrected chi connectivity index (χ2v) is 4.51. The number of carbonyl (C=O) groups excluding carboxylic acids is 1. The third-order valence-electron chi connectivity index (χ3n) is 2.64. The van der Waals surface area contributed by atoms with Crippen LogP contribution in [0.2, 0.25) is 0 Å². The molecule has 0 aromatic carbocycles. The van der Waals surface area contributed by atoms with Crippen LogP contribution in [0, 0.1) is 5.41 Å². The Morgan fingerprint density at radius 3 is 2.58 bits per heavy atom. The van der Waals surface area contributed by atoms with Crippen molar-refractivity contribution in [2.75, 3.05) is 11.9 Å². The van der Waals surface area contributed by atoms with Gasteiger partial charge in [0.1, 0.15) is 0 Å². The molecule has 2 nitrogen and oxygen atoms in total. The van der Waals surface area contributed by atoms with Gasteiger partial charge in [-0.1, -0.05) is 35.7 Å². The molecule has 3 heteroatoms. The zero-order valence-electron chi connectivity index (χ0n) is 7.53. The molecule has 0 atom stereocenters. The number of carbonyl (C=O) groups is 1. The zero-order valence-corrected chi connectivity index (χ0v) is 9.11. The highest BCUT2D eigenvalue weighted by Gasteiger charge is 2.35. The Bertz CT molecular complexity index is 164. The Hall–Kier alpha value is -0.0500. The van der Waals surface area contributed by atoms with Gasteiger partial charge >= 0.3 is 0 Å². The molecule has 0 heterocycles. The molecule has 1 aliphatic rings. The molecule has 0 aromatic rings. The van der Waals surface area contributed by atoms with E-state index in [1.807, 2.05) is 0 Å². The summed E-state index contributed by atoms with van der Waals surface area (Å²) in [6, 6.07) is 0. The number of alkyl halides is 1. The fraction of sp³-hybridized carbons (Fsp3) is 0.889. The first-order valence-electron chi connectivity index (χ1n) is 4.53. The maximum absolute atomic E-state index is 11.6. The summed E-state index contributed by atoms with van der Waals surface area (Å²) in [6.45, 7) is 2.82. The Balaban J connectivity index is 2.39. The second kappa shape index (κ2) is 4.26. The molecule has 12 heavy (non-hydrogen) atoms. The molecular weight excluding hydrogens is 218 g/mol. The summed E-state index contributed by atoms with van der Waals surface area (Å²) in [5, 5.41) is 3.77. The highest BCUT2D eigenvalue weighted by Crippen LogP contribution is 2.37. The van der Waals surface area contributed by atoms with Crippen LogP contribution in [0.5, 0.6) is 0 Å². The standard InChI is InChI=1S/C9H16BrNO/c1-9(4-2-3-5-9)8(12)11-7-6-10/h2-7H2,1H3,(H,11,12). The van der Waals surface area contributed by atoms with Gasteiger partial charge in [-0.25, -0.2) is 0 Å². The van der Waals surface area contributed by atoms with Gasteiger partial charge in [-0.3, -0.25) is 4.79 Å². The van der Waals surface area contributed by atoms with Crippen molar-refractivity contribution in [1.82, 2.24) is 5.32 Å². The maximum Gasteiger partial charge on any atom is 0.225 e. The fourth-order valence-electron chi connectivity index (χ4n) is 1.76. The van der Waals surface area contributed by atoms with Crippen LogP contribution in [0.3, 0.4) is 0 Å². The van der Waals surface area contributed by atoms with E-state index in [1.165, 1.54) is 12.8 Å². The lowest BCUT2D eigenvalue weighted by Crippen LogP contribution is -2.37. The molecule has 1 aliphatic carbocycles. The number of hydrogen-bond donors (Lipinski definition) is 1. The molecule has 0 aromatic heterocycles. The third kappa shape index (κ3) is 2.22. The minimum atomic E-state index is -0.0673. The van der Waals surface area contributed by atoms with Crippen molar-refractivity contribution in [3.63, 3.8) is 0 Å². The molecule has 1 amide bonds. The fourth-order valence-corrected chi connectivity index (χ4v) is 1.95. The van der Waals surface area contributed by atoms with Gasteiger partial charge in [0.25, 0.3) is 0 Å². The summed E-state index contributed by atoms with van der Waals surface area (Å²) in [4.78, 5) is 11.6. The van der Waals surface area contributed by atoms with Crippen LogP contribution in [-0.2, 0) is 4.79 Å². The summed E-state index contributed by atoms with van der Waals surface area (Å²) in [5.74, 6) is 0.236. The van der Waals surface area contributed by atoms with E-state index in [1.54, 1.807) is 0 Å². The first-order valence-corrected chi connectivity index (χ1v) is 5.65. The number of halogens is 1. The largest absolute Gasteiger partial charge is 0.355 e. The summed E-state index contributed by atoms with van der Waals surface area (Å²) in [7, 11) is 0. The van der Waals surface area contributed by atoms with Crippen LogP contribution in [0.1, 0.15) is 32.6 Å². The predicted molar refractivity (Wildman–Crippen MR) is 53.4 cm³/mol. The quantitative estimate of drug-likeness (QED) is 0.744. The smallest absolute Gasteiger partial charge is 0.225 e. The Morgan fingerprint density at radius 1 is 1.50 bits per heavy atom.